The van der Waals surface area contributed by atoms with Gasteiger partial charge < -0.3 is 20.1 Å². The number of phenolic OH excluding ortho intramolecular Hbond substituents is 1. The molecule has 136 valence electrons. The van der Waals surface area contributed by atoms with E-state index < -0.39 is 6.10 Å². The van der Waals surface area contributed by atoms with Crippen LogP contribution in [0.2, 0.25) is 0 Å². The van der Waals surface area contributed by atoms with Gasteiger partial charge in [-0.05, 0) is 42.7 Å². The van der Waals surface area contributed by atoms with E-state index in [4.69, 9.17) is 0 Å². The molecule has 3 aromatic rings. The number of aromatic nitrogens is 1. The monoisotopic (exact) mass is 352 g/mol. The third-order valence-electron chi connectivity index (χ3n) is 4.70. The number of H-pyrrole nitrogens is 1. The number of aromatic hydroxyl groups is 1. The van der Waals surface area contributed by atoms with E-state index in [2.05, 4.69) is 4.98 Å². The maximum Gasteiger partial charge on any atom is 0.270 e. The average Bonchev–Trinajstić information content (AvgIpc) is 3.04. The second-order valence-corrected chi connectivity index (χ2v) is 6.33. The van der Waals surface area contributed by atoms with Crippen LogP contribution in [0.3, 0.4) is 0 Å². The highest BCUT2D eigenvalue weighted by Crippen LogP contribution is 2.25. The summed E-state index contributed by atoms with van der Waals surface area (Å²) in [5.74, 6) is -0.0282. The first-order chi connectivity index (χ1) is 12.5. The topological polar surface area (TPSA) is 76.6 Å². The molecule has 3 N–H and O–H groups in total. The molecule has 0 aliphatic heterocycles. The van der Waals surface area contributed by atoms with Gasteiger partial charge in [0.05, 0.1) is 12.6 Å². The zero-order valence-corrected chi connectivity index (χ0v) is 15.1. The lowest BCUT2D eigenvalue weighted by molar-refractivity contribution is 0.0629. The Morgan fingerprint density at radius 2 is 1.92 bits per heavy atom. The van der Waals surface area contributed by atoms with Gasteiger partial charge in [-0.1, -0.05) is 37.3 Å². The number of para-hydroxylation sites is 1. The van der Waals surface area contributed by atoms with Gasteiger partial charge in [0, 0.05) is 17.4 Å². The maximum absolute atomic E-state index is 13.1. The quantitative estimate of drug-likeness (QED) is 0.634. The molecule has 2 aromatic carbocycles. The highest BCUT2D eigenvalue weighted by atomic mass is 16.3. The normalized spacial score (nSPS) is 12.3. The van der Waals surface area contributed by atoms with Crippen LogP contribution >= 0.6 is 0 Å². The fourth-order valence-corrected chi connectivity index (χ4v) is 3.31. The van der Waals surface area contributed by atoms with Gasteiger partial charge in [-0.3, -0.25) is 4.79 Å². The van der Waals surface area contributed by atoms with E-state index in [1.807, 2.05) is 38.1 Å². The zero-order valence-electron chi connectivity index (χ0n) is 15.1. The number of fused-ring (bicyclic) bond motifs is 1. The number of aliphatic hydroxyl groups excluding tert-OH is 1. The zero-order chi connectivity index (χ0) is 18.7. The average molecular weight is 352 g/mol. The number of likely N-dealkylation sites (N-methyl/N-ethyl adjacent to an activating group) is 1. The molecule has 0 bridgehead atoms. The van der Waals surface area contributed by atoms with E-state index >= 15 is 0 Å². The second kappa shape index (κ2) is 7.62. The lowest BCUT2D eigenvalue weighted by Crippen LogP contribution is -2.35. The molecule has 1 heterocycles. The van der Waals surface area contributed by atoms with Gasteiger partial charge in [0.15, 0.2) is 0 Å². The van der Waals surface area contributed by atoms with E-state index in [1.54, 1.807) is 23.1 Å². The van der Waals surface area contributed by atoms with Crippen molar-refractivity contribution in [2.45, 2.75) is 26.4 Å². The number of phenols is 1. The predicted molar refractivity (Wildman–Crippen MR) is 102 cm³/mol. The van der Waals surface area contributed by atoms with Crippen LogP contribution in [0.1, 0.15) is 41.6 Å². The molecule has 0 saturated heterocycles. The summed E-state index contributed by atoms with van der Waals surface area (Å²) in [4.78, 5) is 18.0. The number of rotatable bonds is 6. The molecular formula is C21H24N2O3. The third kappa shape index (κ3) is 3.44. The number of hydrogen-bond donors (Lipinski definition) is 3. The Morgan fingerprint density at radius 1 is 1.15 bits per heavy atom. The maximum atomic E-state index is 13.1. The van der Waals surface area contributed by atoms with Gasteiger partial charge in [-0.25, -0.2) is 0 Å². The molecule has 0 fully saturated rings. The van der Waals surface area contributed by atoms with Crippen molar-refractivity contribution >= 4 is 16.8 Å². The van der Waals surface area contributed by atoms with Crippen molar-refractivity contribution in [2.75, 3.05) is 13.1 Å². The van der Waals surface area contributed by atoms with E-state index in [0.717, 1.165) is 22.9 Å². The van der Waals surface area contributed by atoms with Gasteiger partial charge in [-0.15, -0.1) is 0 Å². The Balaban J connectivity index is 1.87. The molecule has 0 spiro atoms. The van der Waals surface area contributed by atoms with Crippen LogP contribution in [0.25, 0.3) is 10.9 Å². The van der Waals surface area contributed by atoms with E-state index in [0.29, 0.717) is 17.8 Å². The molecule has 3 rings (SSSR count). The minimum absolute atomic E-state index is 0.0970. The van der Waals surface area contributed by atoms with Gasteiger partial charge in [0.1, 0.15) is 11.4 Å². The van der Waals surface area contributed by atoms with Gasteiger partial charge in [0.25, 0.3) is 5.91 Å². The number of benzene rings is 2. The Labute approximate surface area is 152 Å². The van der Waals surface area contributed by atoms with Gasteiger partial charge >= 0.3 is 0 Å². The first-order valence-corrected chi connectivity index (χ1v) is 8.91. The van der Waals surface area contributed by atoms with Crippen molar-refractivity contribution in [3.05, 3.63) is 65.4 Å². The Bertz CT molecular complexity index is 917. The molecule has 5 nitrogen and oxygen atoms in total. The minimum Gasteiger partial charge on any atom is -0.508 e. The first kappa shape index (κ1) is 18.0. The molecule has 1 atom stereocenters. The van der Waals surface area contributed by atoms with Crippen molar-refractivity contribution in [3.63, 3.8) is 0 Å². The van der Waals surface area contributed by atoms with Crippen LogP contribution < -0.4 is 0 Å². The van der Waals surface area contributed by atoms with E-state index in [1.165, 1.54) is 6.07 Å². The molecule has 1 unspecified atom stereocenters. The van der Waals surface area contributed by atoms with Crippen molar-refractivity contribution in [1.82, 2.24) is 9.88 Å². The standard InChI is InChI=1S/C21H24N2O3/c1-3-16-17-10-5-6-11-18(17)22-20(16)21(26)23(4-2)13-19(25)14-8-7-9-15(24)12-14/h5-12,19,22,24-25H,3-4,13H2,1-2H3. The lowest BCUT2D eigenvalue weighted by atomic mass is 10.1. The number of carbonyl (C=O) groups is 1. The summed E-state index contributed by atoms with van der Waals surface area (Å²) in [7, 11) is 0. The highest BCUT2D eigenvalue weighted by molar-refractivity contribution is 6.01. The summed E-state index contributed by atoms with van der Waals surface area (Å²) in [6, 6.07) is 14.4. The highest BCUT2D eigenvalue weighted by Gasteiger charge is 2.23. The van der Waals surface area contributed by atoms with E-state index in [-0.39, 0.29) is 18.2 Å². The van der Waals surface area contributed by atoms with Crippen LogP contribution in [0.5, 0.6) is 5.75 Å². The summed E-state index contributed by atoms with van der Waals surface area (Å²) < 4.78 is 0. The van der Waals surface area contributed by atoms with Crippen LogP contribution in [0, 0.1) is 0 Å². The van der Waals surface area contributed by atoms with E-state index in [9.17, 15) is 15.0 Å². The summed E-state index contributed by atoms with van der Waals surface area (Å²) in [5.41, 5.74) is 3.11. The molecule has 1 amide bonds. The molecule has 1 aromatic heterocycles. The number of hydrogen-bond acceptors (Lipinski definition) is 3. The first-order valence-electron chi connectivity index (χ1n) is 8.91. The molecule has 5 heteroatoms. The Morgan fingerprint density at radius 3 is 2.62 bits per heavy atom. The fourth-order valence-electron chi connectivity index (χ4n) is 3.31. The fraction of sp³-hybridized carbons (Fsp3) is 0.286. The largest absolute Gasteiger partial charge is 0.508 e. The molecule has 0 aliphatic carbocycles. The minimum atomic E-state index is -0.861. The Kier molecular flexibility index (Phi) is 5.28. The SMILES string of the molecule is CCc1c(C(=O)N(CC)CC(O)c2cccc(O)c2)[nH]c2ccccc12. The second-order valence-electron chi connectivity index (χ2n) is 6.33. The van der Waals surface area contributed by atoms with Crippen molar-refractivity contribution in [2.24, 2.45) is 0 Å². The Hall–Kier alpha value is -2.79. The summed E-state index contributed by atoms with van der Waals surface area (Å²) in [6.07, 6.45) is -0.113. The number of aliphatic hydroxyl groups is 1. The smallest absolute Gasteiger partial charge is 0.270 e. The number of aryl methyl sites for hydroxylation is 1. The summed E-state index contributed by atoms with van der Waals surface area (Å²) >= 11 is 0. The van der Waals surface area contributed by atoms with Crippen LogP contribution in [-0.4, -0.2) is 39.1 Å². The molecular weight excluding hydrogens is 328 g/mol. The van der Waals surface area contributed by atoms with Gasteiger partial charge in [0.2, 0.25) is 0 Å². The number of amides is 1. The number of nitrogens with one attached hydrogen (secondary N) is 1. The number of carbonyl (C=O) groups excluding carboxylic acids is 1. The van der Waals surface area contributed by atoms with Crippen molar-refractivity contribution in [1.29, 1.82) is 0 Å². The third-order valence-corrected chi connectivity index (χ3v) is 4.70. The van der Waals surface area contributed by atoms with Crippen LogP contribution in [-0.2, 0) is 6.42 Å². The molecule has 0 aliphatic rings. The van der Waals surface area contributed by atoms with Crippen LogP contribution in [0.4, 0.5) is 0 Å². The predicted octanol–water partition coefficient (Wildman–Crippen LogP) is 3.63. The number of aromatic amines is 1. The number of nitrogens with zero attached hydrogens (tertiary/aromatic N) is 1. The lowest BCUT2D eigenvalue weighted by Gasteiger charge is -2.24. The summed E-state index contributed by atoms with van der Waals surface area (Å²) in [5, 5.41) is 21.1. The van der Waals surface area contributed by atoms with Crippen molar-refractivity contribution in [3.8, 4) is 5.75 Å². The van der Waals surface area contributed by atoms with Crippen LogP contribution in [0.15, 0.2) is 48.5 Å². The molecule has 26 heavy (non-hydrogen) atoms. The van der Waals surface area contributed by atoms with Crippen molar-refractivity contribution < 1.29 is 15.0 Å². The molecule has 0 radical (unpaired) electrons. The molecule has 0 saturated carbocycles. The van der Waals surface area contributed by atoms with Gasteiger partial charge in [-0.2, -0.15) is 0 Å². The summed E-state index contributed by atoms with van der Waals surface area (Å²) in [6.45, 7) is 4.57.